The number of nitrogens with zero attached hydrogens (tertiary/aromatic N) is 3. The SMILES string of the molecule is CCNc1nc(N(CC(N)=O)C(C)C)c2ccccc2n1. The monoisotopic (exact) mass is 287 g/mol. The van der Waals surface area contributed by atoms with Crippen LogP contribution < -0.4 is 16.0 Å². The third-order valence-electron chi connectivity index (χ3n) is 3.14. The van der Waals surface area contributed by atoms with Gasteiger partial charge in [-0.05, 0) is 32.9 Å². The van der Waals surface area contributed by atoms with Gasteiger partial charge in [0.05, 0.1) is 12.1 Å². The maximum atomic E-state index is 11.4. The highest BCUT2D eigenvalue weighted by Crippen LogP contribution is 2.26. The van der Waals surface area contributed by atoms with Crippen molar-refractivity contribution in [2.75, 3.05) is 23.3 Å². The summed E-state index contributed by atoms with van der Waals surface area (Å²) in [5.41, 5.74) is 6.21. The minimum atomic E-state index is -0.378. The molecule has 1 heterocycles. The van der Waals surface area contributed by atoms with Gasteiger partial charge in [-0.2, -0.15) is 4.98 Å². The van der Waals surface area contributed by atoms with Gasteiger partial charge >= 0.3 is 0 Å². The summed E-state index contributed by atoms with van der Waals surface area (Å²) in [4.78, 5) is 22.3. The number of amides is 1. The summed E-state index contributed by atoms with van der Waals surface area (Å²) in [6, 6.07) is 7.86. The molecule has 0 atom stereocenters. The topological polar surface area (TPSA) is 84.1 Å². The van der Waals surface area contributed by atoms with Crippen LogP contribution in [0.3, 0.4) is 0 Å². The van der Waals surface area contributed by atoms with E-state index in [9.17, 15) is 4.79 Å². The Morgan fingerprint density at radius 3 is 2.67 bits per heavy atom. The van der Waals surface area contributed by atoms with Gasteiger partial charge in [-0.1, -0.05) is 12.1 Å². The lowest BCUT2D eigenvalue weighted by Gasteiger charge is -2.27. The van der Waals surface area contributed by atoms with Crippen molar-refractivity contribution in [1.82, 2.24) is 9.97 Å². The molecule has 0 unspecified atom stereocenters. The highest BCUT2D eigenvalue weighted by Gasteiger charge is 2.18. The molecule has 0 radical (unpaired) electrons. The molecule has 112 valence electrons. The molecule has 1 aromatic carbocycles. The Bertz CT molecular complexity index is 641. The second-order valence-corrected chi connectivity index (χ2v) is 5.11. The quantitative estimate of drug-likeness (QED) is 0.845. The Morgan fingerprint density at radius 1 is 1.33 bits per heavy atom. The summed E-state index contributed by atoms with van der Waals surface area (Å²) in [5.74, 6) is 0.906. The van der Waals surface area contributed by atoms with E-state index in [1.807, 2.05) is 49.9 Å². The van der Waals surface area contributed by atoms with Crippen molar-refractivity contribution in [3.8, 4) is 0 Å². The number of carbonyl (C=O) groups excluding carboxylic acids is 1. The molecule has 0 aliphatic rings. The predicted octanol–water partition coefficient (Wildman–Crippen LogP) is 1.76. The van der Waals surface area contributed by atoms with E-state index in [0.717, 1.165) is 23.3 Å². The van der Waals surface area contributed by atoms with Crippen LogP contribution in [0.15, 0.2) is 24.3 Å². The van der Waals surface area contributed by atoms with Crippen LogP contribution in [0.1, 0.15) is 20.8 Å². The van der Waals surface area contributed by atoms with E-state index >= 15 is 0 Å². The first-order valence-electron chi connectivity index (χ1n) is 7.08. The molecule has 3 N–H and O–H groups in total. The first-order valence-corrected chi connectivity index (χ1v) is 7.08. The van der Waals surface area contributed by atoms with Gasteiger partial charge in [0.15, 0.2) is 0 Å². The fourth-order valence-electron chi connectivity index (χ4n) is 2.19. The summed E-state index contributed by atoms with van der Waals surface area (Å²) in [5, 5.41) is 4.03. The van der Waals surface area contributed by atoms with Gasteiger partial charge in [0.1, 0.15) is 5.82 Å². The van der Waals surface area contributed by atoms with Crippen LogP contribution in [0.25, 0.3) is 10.9 Å². The molecule has 0 spiro atoms. The number of aromatic nitrogens is 2. The van der Waals surface area contributed by atoms with E-state index in [4.69, 9.17) is 5.73 Å². The molecule has 0 saturated heterocycles. The van der Waals surface area contributed by atoms with Gasteiger partial charge in [0.2, 0.25) is 11.9 Å². The van der Waals surface area contributed by atoms with E-state index in [2.05, 4.69) is 15.3 Å². The number of fused-ring (bicyclic) bond motifs is 1. The highest BCUT2D eigenvalue weighted by molar-refractivity contribution is 5.92. The van der Waals surface area contributed by atoms with Gasteiger partial charge in [-0.15, -0.1) is 0 Å². The number of rotatable bonds is 6. The Morgan fingerprint density at radius 2 is 2.05 bits per heavy atom. The molecule has 21 heavy (non-hydrogen) atoms. The molecule has 1 amide bonds. The van der Waals surface area contributed by atoms with E-state index in [0.29, 0.717) is 5.95 Å². The number of primary amides is 1. The molecule has 1 aromatic heterocycles. The lowest BCUT2D eigenvalue weighted by Crippen LogP contribution is -2.39. The van der Waals surface area contributed by atoms with Crippen molar-refractivity contribution < 1.29 is 4.79 Å². The normalized spacial score (nSPS) is 10.9. The number of hydrogen-bond donors (Lipinski definition) is 2. The molecule has 6 nitrogen and oxygen atoms in total. The van der Waals surface area contributed by atoms with Gasteiger partial charge in [0, 0.05) is 18.0 Å². The van der Waals surface area contributed by atoms with Crippen LogP contribution in [0, 0.1) is 0 Å². The molecule has 2 rings (SSSR count). The average Bonchev–Trinajstić information content (AvgIpc) is 2.44. The summed E-state index contributed by atoms with van der Waals surface area (Å²) >= 11 is 0. The Hall–Kier alpha value is -2.37. The van der Waals surface area contributed by atoms with E-state index < -0.39 is 0 Å². The Balaban J connectivity index is 2.60. The lowest BCUT2D eigenvalue weighted by molar-refractivity contribution is -0.116. The zero-order chi connectivity index (χ0) is 15.4. The maximum Gasteiger partial charge on any atom is 0.237 e. The first-order chi connectivity index (χ1) is 10.0. The number of para-hydroxylation sites is 1. The Kier molecular flexibility index (Phi) is 4.57. The summed E-state index contributed by atoms with van der Waals surface area (Å²) in [7, 11) is 0. The van der Waals surface area contributed by atoms with E-state index in [-0.39, 0.29) is 18.5 Å². The van der Waals surface area contributed by atoms with Crippen LogP contribution in [-0.4, -0.2) is 35.0 Å². The van der Waals surface area contributed by atoms with Crippen molar-refractivity contribution in [2.24, 2.45) is 5.73 Å². The summed E-state index contributed by atoms with van der Waals surface area (Å²) < 4.78 is 0. The van der Waals surface area contributed by atoms with E-state index in [1.165, 1.54) is 0 Å². The fourth-order valence-corrected chi connectivity index (χ4v) is 2.19. The second kappa shape index (κ2) is 6.39. The van der Waals surface area contributed by atoms with Crippen molar-refractivity contribution in [1.29, 1.82) is 0 Å². The smallest absolute Gasteiger partial charge is 0.237 e. The number of nitrogens with two attached hydrogens (primary N) is 1. The molecule has 6 heteroatoms. The van der Waals surface area contributed by atoms with Gasteiger partial charge < -0.3 is 16.0 Å². The first kappa shape index (κ1) is 15.0. The predicted molar refractivity (Wildman–Crippen MR) is 85.4 cm³/mol. The summed E-state index contributed by atoms with van der Waals surface area (Å²) in [6.45, 7) is 6.86. The van der Waals surface area contributed by atoms with Crippen molar-refractivity contribution in [3.05, 3.63) is 24.3 Å². The second-order valence-electron chi connectivity index (χ2n) is 5.11. The average molecular weight is 287 g/mol. The number of hydrogen-bond acceptors (Lipinski definition) is 5. The number of anilines is 2. The zero-order valence-electron chi connectivity index (χ0n) is 12.6. The fraction of sp³-hybridized carbons (Fsp3) is 0.400. The minimum absolute atomic E-state index is 0.102. The van der Waals surface area contributed by atoms with Crippen molar-refractivity contribution in [2.45, 2.75) is 26.8 Å². The van der Waals surface area contributed by atoms with Crippen molar-refractivity contribution in [3.63, 3.8) is 0 Å². The zero-order valence-corrected chi connectivity index (χ0v) is 12.6. The van der Waals surface area contributed by atoms with Crippen molar-refractivity contribution >= 4 is 28.6 Å². The number of nitrogens with one attached hydrogen (secondary N) is 1. The Labute approximate surface area is 124 Å². The van der Waals surface area contributed by atoms with Crippen LogP contribution in [0.5, 0.6) is 0 Å². The van der Waals surface area contributed by atoms with Gasteiger partial charge in [-0.25, -0.2) is 4.98 Å². The molecular weight excluding hydrogens is 266 g/mol. The van der Waals surface area contributed by atoms with Crippen LogP contribution in [-0.2, 0) is 4.79 Å². The number of benzene rings is 1. The lowest BCUT2D eigenvalue weighted by atomic mass is 10.2. The largest absolute Gasteiger partial charge is 0.368 e. The third kappa shape index (κ3) is 3.39. The van der Waals surface area contributed by atoms with Crippen LogP contribution >= 0.6 is 0 Å². The molecule has 0 aliphatic carbocycles. The number of carbonyl (C=O) groups is 1. The highest BCUT2D eigenvalue weighted by atomic mass is 16.1. The molecule has 0 bridgehead atoms. The molecule has 2 aromatic rings. The van der Waals surface area contributed by atoms with Crippen LogP contribution in [0.4, 0.5) is 11.8 Å². The minimum Gasteiger partial charge on any atom is -0.368 e. The summed E-state index contributed by atoms with van der Waals surface area (Å²) in [6.07, 6.45) is 0. The van der Waals surface area contributed by atoms with Gasteiger partial charge in [0.25, 0.3) is 0 Å². The van der Waals surface area contributed by atoms with Gasteiger partial charge in [-0.3, -0.25) is 4.79 Å². The maximum absolute atomic E-state index is 11.4. The van der Waals surface area contributed by atoms with Crippen LogP contribution in [0.2, 0.25) is 0 Å². The molecule has 0 saturated carbocycles. The molecule has 0 aliphatic heterocycles. The molecular formula is C15H21N5O. The standard InChI is InChI=1S/C15H21N5O/c1-4-17-15-18-12-8-6-5-7-11(12)14(19-15)20(10(2)3)9-13(16)21/h5-8,10H,4,9H2,1-3H3,(H2,16,21)(H,17,18,19). The third-order valence-corrected chi connectivity index (χ3v) is 3.14. The molecule has 0 fully saturated rings. The van der Waals surface area contributed by atoms with E-state index in [1.54, 1.807) is 0 Å².